The van der Waals surface area contributed by atoms with E-state index in [1.165, 1.54) is 23.2 Å². The van der Waals surface area contributed by atoms with Gasteiger partial charge in [-0.25, -0.2) is 14.4 Å². The van der Waals surface area contributed by atoms with Crippen molar-refractivity contribution in [3.05, 3.63) is 111 Å². The monoisotopic (exact) mass is 1280 g/mol. The van der Waals surface area contributed by atoms with E-state index in [1.807, 2.05) is 88.2 Å². The number of benzene rings is 2. The van der Waals surface area contributed by atoms with Gasteiger partial charge in [-0.1, -0.05) is 83.6 Å². The van der Waals surface area contributed by atoms with Crippen LogP contribution in [0, 0.1) is 18.2 Å². The van der Waals surface area contributed by atoms with Gasteiger partial charge >= 0.3 is 6.18 Å². The molecule has 0 unspecified atom stereocenters. The zero-order valence-electron chi connectivity index (χ0n) is 53.0. The van der Waals surface area contributed by atoms with Crippen molar-refractivity contribution in [2.24, 2.45) is 5.41 Å². The van der Waals surface area contributed by atoms with Crippen molar-refractivity contribution in [3.63, 3.8) is 0 Å². The average Bonchev–Trinajstić information content (AvgIpc) is 1.33. The van der Waals surface area contributed by atoms with Crippen molar-refractivity contribution in [2.45, 2.75) is 162 Å². The highest BCUT2D eigenvalue weighted by Crippen LogP contribution is 2.38. The molecule has 3 aromatic heterocycles. The third-order valence-electron chi connectivity index (χ3n) is 17.5. The number of hydrogen-bond acceptors (Lipinski definition) is 14. The van der Waals surface area contributed by atoms with E-state index >= 15 is 4.39 Å². The molecule has 0 bridgehead atoms. The second kappa shape index (κ2) is 31.0. The van der Waals surface area contributed by atoms with Gasteiger partial charge in [0.25, 0.3) is 5.91 Å². The first-order chi connectivity index (χ1) is 43.2. The molecule has 3 saturated heterocycles. The van der Waals surface area contributed by atoms with E-state index in [9.17, 15) is 51.8 Å². The van der Waals surface area contributed by atoms with E-state index in [0.29, 0.717) is 75.9 Å². The van der Waals surface area contributed by atoms with Crippen LogP contribution >= 0.6 is 11.3 Å². The Morgan fingerprint density at radius 1 is 0.780 bits per heavy atom. The Labute approximate surface area is 532 Å². The van der Waals surface area contributed by atoms with E-state index in [2.05, 4.69) is 41.1 Å². The summed E-state index contributed by atoms with van der Waals surface area (Å²) in [6.45, 7) is 14.9. The molecule has 91 heavy (non-hydrogen) atoms. The molecule has 2 aromatic carbocycles. The Bertz CT molecular complexity index is 3390. The van der Waals surface area contributed by atoms with E-state index < -0.39 is 64.1 Å². The van der Waals surface area contributed by atoms with Crippen molar-refractivity contribution in [1.29, 1.82) is 0 Å². The number of β-amino-alcohol motifs (C(OH)–C–C–N with tert-alkyl or cyclic N) is 1. The first-order valence-electron chi connectivity index (χ1n) is 31.5. The number of H-pyrrole nitrogens is 1. The summed E-state index contributed by atoms with van der Waals surface area (Å²) < 4.78 is 58.2. The Morgan fingerprint density at radius 3 is 2.07 bits per heavy atom. The number of rotatable bonds is 25. The molecule has 6 N–H and O–H groups in total. The molecule has 0 saturated carbocycles. The number of alkyl halides is 3. The van der Waals surface area contributed by atoms with Crippen molar-refractivity contribution in [3.8, 4) is 21.6 Å². The topological polar surface area (TPSA) is 246 Å². The number of hydrogen-bond donors (Lipinski definition) is 6. The molecule has 0 radical (unpaired) electrons. The van der Waals surface area contributed by atoms with Crippen LogP contribution in [0.4, 0.5) is 34.8 Å². The standard InChI is InChI=1S/C66H86F4N12O8S/c1-41-37-81(38-42(2)78(41)7)53-33-51(67)48(31-52(53)76-62(88)49-36-73-58(86)32-50(49)66(68,69)70)46-21-22-55(72-35-46)79-26-28-80(29-27-79)59(87)24-23-56(84)71-25-15-13-11-9-8-10-12-14-16-57(85)77-61(65(4,5)6)64(90)82-39-47(83)30-54(82)63(89)74-34-44-17-19-45(20-18-44)60-43(3)75-40-91-60/h17-22,31-33,35-36,40-42,47,54,61,83H,8-16,23-30,34,37-39H2,1-7H3,(H,71,84)(H,73,86)(H,74,89)(H,76,88)(H,77,85)/t41-,42+,47-,54+,61-/m1/s1. The van der Waals surface area contributed by atoms with Gasteiger partial charge in [-0.05, 0) is 81.5 Å². The van der Waals surface area contributed by atoms with Crippen molar-refractivity contribution in [2.75, 3.05) is 74.5 Å². The Morgan fingerprint density at radius 2 is 1.44 bits per heavy atom. The van der Waals surface area contributed by atoms with Crippen LogP contribution in [0.25, 0.3) is 21.6 Å². The lowest BCUT2D eigenvalue weighted by Gasteiger charge is -2.44. The molecule has 6 heterocycles. The number of carbonyl (C=O) groups is 6. The predicted molar refractivity (Wildman–Crippen MR) is 343 cm³/mol. The zero-order chi connectivity index (χ0) is 65.7. The largest absolute Gasteiger partial charge is 0.417 e. The highest BCUT2D eigenvalue weighted by molar-refractivity contribution is 7.13. The zero-order valence-corrected chi connectivity index (χ0v) is 53.8. The van der Waals surface area contributed by atoms with Crippen LogP contribution in [-0.2, 0) is 36.7 Å². The summed E-state index contributed by atoms with van der Waals surface area (Å²) in [5.41, 5.74) is 1.57. The molecule has 3 fully saturated rings. The number of aromatic nitrogens is 3. The van der Waals surface area contributed by atoms with Crippen LogP contribution in [0.2, 0.25) is 0 Å². The van der Waals surface area contributed by atoms with Gasteiger partial charge in [0.2, 0.25) is 35.1 Å². The number of thiazole rings is 1. The Kier molecular flexibility index (Phi) is 23.6. The number of pyridine rings is 2. The second-order valence-electron chi connectivity index (χ2n) is 25.3. The average molecular weight is 1280 g/mol. The van der Waals surface area contributed by atoms with Crippen molar-refractivity contribution < 1.29 is 51.4 Å². The van der Waals surface area contributed by atoms with Gasteiger partial charge in [-0.3, -0.25) is 38.5 Å². The Balaban J connectivity index is 0.696. The van der Waals surface area contributed by atoms with E-state index in [0.717, 1.165) is 66.6 Å². The number of aliphatic hydroxyl groups is 1. The molecule has 0 aliphatic carbocycles. The first-order valence-corrected chi connectivity index (χ1v) is 32.4. The number of aryl methyl sites for hydroxylation is 1. The Hall–Kier alpha value is -7.77. The fourth-order valence-corrected chi connectivity index (χ4v) is 12.7. The molecule has 8 rings (SSSR count). The summed E-state index contributed by atoms with van der Waals surface area (Å²) >= 11 is 1.57. The van der Waals surface area contributed by atoms with Gasteiger partial charge in [0.15, 0.2) is 0 Å². The number of likely N-dealkylation sites (N-methyl/N-ethyl adjacent to an activating group) is 1. The number of piperazine rings is 2. The number of amides is 6. The maximum atomic E-state index is 16.2. The number of unbranched alkanes of at least 4 members (excludes halogenated alkanes) is 7. The van der Waals surface area contributed by atoms with Crippen LogP contribution < -0.4 is 36.6 Å². The van der Waals surface area contributed by atoms with Crippen LogP contribution in [0.1, 0.15) is 139 Å². The predicted octanol–water partition coefficient (Wildman–Crippen LogP) is 8.67. The SMILES string of the molecule is Cc1ncsc1-c1ccc(CNC(=O)[C@@H]2C[C@@H](O)CN2C(=O)[C@@H](NC(=O)CCCCCCCCCCNC(=O)CCC(=O)N2CCN(c3ccc(-c4cc(NC(=O)c5c[nH]c(=O)cc5C(F)(F)F)c(N5C[C@@H](C)N(C)[C@@H](C)C5)cc4F)cn3)CC2)C(C)(C)C)cc1. The number of aliphatic hydroxyl groups excluding tert-OH is 1. The molecule has 25 heteroatoms. The number of carbonyl (C=O) groups excluding carboxylic acids is 6. The lowest BCUT2D eigenvalue weighted by Crippen LogP contribution is -2.57. The van der Waals surface area contributed by atoms with Gasteiger partial charge < -0.3 is 51.0 Å². The molecule has 0 spiro atoms. The van der Waals surface area contributed by atoms with Crippen LogP contribution in [0.15, 0.2) is 77.3 Å². The molecule has 3 aliphatic heterocycles. The number of anilines is 3. The third kappa shape index (κ3) is 18.5. The lowest BCUT2D eigenvalue weighted by atomic mass is 9.85. The fourth-order valence-electron chi connectivity index (χ4n) is 11.9. The summed E-state index contributed by atoms with van der Waals surface area (Å²) in [4.78, 5) is 113. The number of aromatic amines is 1. The first kappa shape index (κ1) is 69.1. The van der Waals surface area contributed by atoms with Crippen molar-refractivity contribution in [1.82, 2.24) is 45.6 Å². The summed E-state index contributed by atoms with van der Waals surface area (Å²) in [5, 5.41) is 22.0. The maximum Gasteiger partial charge on any atom is 0.417 e. The van der Waals surface area contributed by atoms with Crippen LogP contribution in [-0.4, -0.2) is 160 Å². The molecule has 492 valence electrons. The molecular weight excluding hydrogens is 1200 g/mol. The van der Waals surface area contributed by atoms with Gasteiger partial charge in [0.1, 0.15) is 23.7 Å². The van der Waals surface area contributed by atoms with Crippen LogP contribution in [0.5, 0.6) is 0 Å². The number of halogens is 4. The normalized spacial score (nSPS) is 18.5. The quantitative estimate of drug-likeness (QED) is 0.0237. The minimum absolute atomic E-state index is 0.000447. The van der Waals surface area contributed by atoms with E-state index in [1.54, 1.807) is 28.4 Å². The number of likely N-dealkylation sites (tertiary alicyclic amines) is 1. The fraction of sp³-hybridized carbons (Fsp3) is 0.530. The summed E-state index contributed by atoms with van der Waals surface area (Å²) in [6, 6.07) is 12.5. The van der Waals surface area contributed by atoms with Gasteiger partial charge in [-0.2, -0.15) is 13.2 Å². The highest BCUT2D eigenvalue weighted by Gasteiger charge is 2.45. The molecule has 5 atom stereocenters. The highest BCUT2D eigenvalue weighted by atomic mass is 32.1. The van der Waals surface area contributed by atoms with Crippen LogP contribution in [0.3, 0.4) is 0 Å². The van der Waals surface area contributed by atoms with Gasteiger partial charge in [0, 0.05) is 126 Å². The number of nitrogens with zero attached hydrogens (tertiary/aromatic N) is 7. The maximum absolute atomic E-state index is 16.2. The van der Waals surface area contributed by atoms with E-state index in [-0.39, 0.29) is 91.4 Å². The van der Waals surface area contributed by atoms with Gasteiger partial charge in [0.05, 0.1) is 44.7 Å². The molecule has 3 aliphatic rings. The summed E-state index contributed by atoms with van der Waals surface area (Å²) in [5.74, 6) is -2.51. The minimum Gasteiger partial charge on any atom is -0.391 e. The van der Waals surface area contributed by atoms with Crippen molar-refractivity contribution >= 4 is 64.0 Å². The molecule has 5 aromatic rings. The second-order valence-corrected chi connectivity index (χ2v) is 26.2. The molecule has 6 amide bonds. The smallest absolute Gasteiger partial charge is 0.391 e. The van der Waals surface area contributed by atoms with E-state index in [4.69, 9.17) is 0 Å². The number of nitrogens with one attached hydrogen (secondary N) is 5. The molecular formula is C66H86F4N12O8S. The summed E-state index contributed by atoms with van der Waals surface area (Å²) in [6.07, 6.45) is 4.03. The molecule has 20 nitrogen and oxygen atoms in total. The summed E-state index contributed by atoms with van der Waals surface area (Å²) in [7, 11) is 1.97. The van der Waals surface area contributed by atoms with Gasteiger partial charge in [-0.15, -0.1) is 11.3 Å². The minimum atomic E-state index is -5.00. The third-order valence-corrected chi connectivity index (χ3v) is 18.4. The lowest BCUT2D eigenvalue weighted by molar-refractivity contribution is -0.144.